The van der Waals surface area contributed by atoms with Crippen LogP contribution in [-0.2, 0) is 19.0 Å². The molecule has 3 aliphatic rings. The molecule has 6 rings (SSSR count). The van der Waals surface area contributed by atoms with Crippen molar-refractivity contribution >= 4 is 41.1 Å². The molecule has 1 aliphatic carbocycles. The van der Waals surface area contributed by atoms with E-state index in [1.54, 1.807) is 7.11 Å². The van der Waals surface area contributed by atoms with Crippen molar-refractivity contribution in [3.63, 3.8) is 0 Å². The van der Waals surface area contributed by atoms with E-state index in [-0.39, 0.29) is 57.7 Å². The molecule has 0 amide bonds. The van der Waals surface area contributed by atoms with E-state index in [1.807, 2.05) is 29.2 Å². The van der Waals surface area contributed by atoms with Crippen LogP contribution >= 0.6 is 0 Å². The number of rotatable bonds is 6. The van der Waals surface area contributed by atoms with Gasteiger partial charge in [0.05, 0.1) is 70.8 Å². The molecule has 278 valence electrons. The van der Waals surface area contributed by atoms with Crippen LogP contribution in [0.1, 0.15) is 21.5 Å². The van der Waals surface area contributed by atoms with E-state index in [0.717, 1.165) is 35.7 Å². The zero-order chi connectivity index (χ0) is 37.6. The number of halogens is 2. The van der Waals surface area contributed by atoms with Gasteiger partial charge in [-0.1, -0.05) is 12.1 Å². The van der Waals surface area contributed by atoms with E-state index in [9.17, 15) is 33.6 Å². The number of aromatic hydroxyl groups is 1. The first-order valence-electron chi connectivity index (χ1n) is 17.0. The Labute approximate surface area is 305 Å². The molecular formula is C38H39BF2N2O10. The Morgan fingerprint density at radius 2 is 1.40 bits per heavy atom. The molecule has 0 radical (unpaired) electrons. The number of carbonyl (C=O) groups is 2. The summed E-state index contributed by atoms with van der Waals surface area (Å²) in [4.78, 5) is 29.3. The van der Waals surface area contributed by atoms with Gasteiger partial charge in [0.2, 0.25) is 5.78 Å². The van der Waals surface area contributed by atoms with Gasteiger partial charge in [-0.05, 0) is 76.2 Å². The molecule has 2 heterocycles. The number of carboxylic acid groups (broad SMARTS) is 1. The smallest absolute Gasteiger partial charge is 0.360 e. The maximum absolute atomic E-state index is 14.9. The number of hydrogen-bond acceptors (Lipinski definition) is 11. The summed E-state index contributed by atoms with van der Waals surface area (Å²) >= 11 is 0. The summed E-state index contributed by atoms with van der Waals surface area (Å²) in [5.41, 5.74) is 1.07. The molecule has 3 aromatic carbocycles. The Hall–Kier alpha value is -5.22. The lowest BCUT2D eigenvalue weighted by Crippen LogP contribution is -2.40. The lowest BCUT2D eigenvalue weighted by atomic mass is 9.47. The third-order valence-electron chi connectivity index (χ3n) is 9.33. The monoisotopic (exact) mass is 732 g/mol. The summed E-state index contributed by atoms with van der Waals surface area (Å²) in [6.45, 7) is 2.29. The van der Waals surface area contributed by atoms with Crippen LogP contribution in [0.5, 0.6) is 17.2 Å². The Morgan fingerprint density at radius 3 is 2.02 bits per heavy atom. The molecule has 0 bridgehead atoms. The zero-order valence-electron chi connectivity index (χ0n) is 29.3. The van der Waals surface area contributed by atoms with Gasteiger partial charge < -0.3 is 48.7 Å². The fourth-order valence-corrected chi connectivity index (χ4v) is 6.72. The second-order valence-corrected chi connectivity index (χ2v) is 12.4. The molecule has 0 saturated carbocycles. The number of para-hydroxylation sites is 2. The molecule has 3 N–H and O–H groups in total. The van der Waals surface area contributed by atoms with Gasteiger partial charge in [0.25, 0.3) is 0 Å². The maximum atomic E-state index is 14.9. The van der Waals surface area contributed by atoms with Gasteiger partial charge in [-0.2, -0.15) is 0 Å². The van der Waals surface area contributed by atoms with Gasteiger partial charge in [0.1, 0.15) is 11.5 Å². The molecule has 2 aliphatic heterocycles. The topological polar surface area (TPSA) is 147 Å². The van der Waals surface area contributed by atoms with E-state index < -0.39 is 36.1 Å². The van der Waals surface area contributed by atoms with Crippen molar-refractivity contribution < 1.29 is 57.3 Å². The predicted octanol–water partition coefficient (Wildman–Crippen LogP) is 3.53. The average molecular weight is 733 g/mol. The number of methoxy groups -OCH3 is 2. The minimum absolute atomic E-state index is 0.00456. The number of aromatic carboxylic acids is 1. The number of ether oxygens (including phenoxy) is 5. The number of carboxylic acids is 1. The quantitative estimate of drug-likeness (QED) is 0.319. The standard InChI is InChI=1S/C38H39BF2N2O10/c1-49-35-6-4-3-5-31(35)42-7-11-51-12-9-43(10-14-53-16-15-52-13-8-42)32-19-24(38(46)47)23(20-36(32)50-2)37-25-17-29(40)33(44)21-27(25)39(48)28-22-34(45)30(41)18-26(28)37/h3-6,17-22,44,48H,7-16H2,1-2H3,(H,46,47). The first-order chi connectivity index (χ1) is 25.6. The predicted molar refractivity (Wildman–Crippen MR) is 194 cm³/mol. The highest BCUT2D eigenvalue weighted by molar-refractivity contribution is 6.76. The van der Waals surface area contributed by atoms with Crippen molar-refractivity contribution in [1.29, 1.82) is 0 Å². The summed E-state index contributed by atoms with van der Waals surface area (Å²) in [7, 11) is 3.03. The van der Waals surface area contributed by atoms with Crippen molar-refractivity contribution in [3.8, 4) is 17.2 Å². The van der Waals surface area contributed by atoms with Crippen molar-refractivity contribution in [2.75, 3.05) is 89.8 Å². The molecule has 0 unspecified atom stereocenters. The molecule has 3 aromatic rings. The molecule has 0 aromatic heterocycles. The van der Waals surface area contributed by atoms with Crippen LogP contribution < -0.4 is 24.7 Å². The third-order valence-corrected chi connectivity index (χ3v) is 9.33. The molecule has 0 atom stereocenters. The fourth-order valence-electron chi connectivity index (χ4n) is 6.72. The number of allylic oxidation sites excluding steroid dienone is 5. The molecule has 0 spiro atoms. The van der Waals surface area contributed by atoms with Crippen LogP contribution in [0.3, 0.4) is 0 Å². The molecule has 1 saturated heterocycles. The van der Waals surface area contributed by atoms with E-state index in [0.29, 0.717) is 58.3 Å². The Balaban J connectivity index is 1.37. The Bertz CT molecular complexity index is 1980. The minimum atomic E-state index is -1.54. The Morgan fingerprint density at radius 1 is 0.792 bits per heavy atom. The first kappa shape index (κ1) is 37.5. The van der Waals surface area contributed by atoms with Crippen LogP contribution in [-0.4, -0.2) is 114 Å². The van der Waals surface area contributed by atoms with E-state index in [2.05, 4.69) is 4.90 Å². The number of nitrogens with zero attached hydrogens (tertiary/aromatic N) is 2. The maximum Gasteiger partial charge on any atom is 0.360 e. The summed E-state index contributed by atoms with van der Waals surface area (Å²) < 4.78 is 58.9. The van der Waals surface area contributed by atoms with Crippen molar-refractivity contribution in [2.45, 2.75) is 0 Å². The molecule has 15 heteroatoms. The molecule has 12 nitrogen and oxygen atoms in total. The lowest BCUT2D eigenvalue weighted by molar-refractivity contribution is -0.112. The summed E-state index contributed by atoms with van der Waals surface area (Å²) in [6.07, 6.45) is 1.81. The van der Waals surface area contributed by atoms with Gasteiger partial charge in [-0.25, -0.2) is 13.6 Å². The largest absolute Gasteiger partial charge is 0.505 e. The van der Waals surface area contributed by atoms with Crippen molar-refractivity contribution in [1.82, 2.24) is 0 Å². The summed E-state index contributed by atoms with van der Waals surface area (Å²) in [5.74, 6) is -4.35. The first-order valence-corrected chi connectivity index (χ1v) is 17.0. The van der Waals surface area contributed by atoms with Crippen LogP contribution in [0.2, 0.25) is 0 Å². The van der Waals surface area contributed by atoms with Crippen molar-refractivity contribution in [2.24, 2.45) is 0 Å². The van der Waals surface area contributed by atoms with E-state index >= 15 is 0 Å². The number of phenolic OH excluding ortho intramolecular Hbond substituents is 1. The highest BCUT2D eigenvalue weighted by Crippen LogP contribution is 2.43. The van der Waals surface area contributed by atoms with Gasteiger partial charge in [-0.15, -0.1) is 0 Å². The summed E-state index contributed by atoms with van der Waals surface area (Å²) in [5, 5.41) is 31.9. The molecule has 1 fully saturated rings. The summed E-state index contributed by atoms with van der Waals surface area (Å²) in [6, 6.07) is 12.5. The average Bonchev–Trinajstić information content (AvgIpc) is 3.16. The number of phenols is 1. The van der Waals surface area contributed by atoms with Crippen LogP contribution in [0.15, 0.2) is 77.6 Å². The second kappa shape index (κ2) is 16.6. The van der Waals surface area contributed by atoms with E-state index in [1.165, 1.54) is 19.2 Å². The third kappa shape index (κ3) is 7.93. The number of benzene rings is 3. The zero-order valence-corrected chi connectivity index (χ0v) is 29.3. The van der Waals surface area contributed by atoms with Gasteiger partial charge in [0.15, 0.2) is 17.4 Å². The molecular weight excluding hydrogens is 693 g/mol. The number of ketones is 1. The van der Waals surface area contributed by atoms with E-state index in [4.69, 9.17) is 23.7 Å². The molecule has 53 heavy (non-hydrogen) atoms. The normalized spacial score (nSPS) is 17.6. The SMILES string of the molecule is COc1ccccc1N1CCOCCOCCN(c2cc(C(=O)O)c(C3=C4C=C(F)C(=O)C=C4B(O)c4cc(O)c(F)cc43)cc2OC)CCOCC1. The lowest BCUT2D eigenvalue weighted by Gasteiger charge is -2.31. The van der Waals surface area contributed by atoms with Gasteiger partial charge in [-0.3, -0.25) is 4.79 Å². The highest BCUT2D eigenvalue weighted by Gasteiger charge is 2.39. The number of anilines is 2. The van der Waals surface area contributed by atoms with Crippen LogP contribution in [0.25, 0.3) is 5.57 Å². The fraction of sp³-hybridized carbons (Fsp3) is 0.316. The number of hydrogen-bond donors (Lipinski definition) is 3. The Kier molecular flexibility index (Phi) is 11.8. The number of carbonyl (C=O) groups excluding carboxylic acids is 1. The minimum Gasteiger partial charge on any atom is -0.505 e. The van der Waals surface area contributed by atoms with Crippen molar-refractivity contribution in [3.05, 3.63) is 100 Å². The number of fused-ring (bicyclic) bond motifs is 2. The van der Waals surface area contributed by atoms with Gasteiger partial charge in [0, 0.05) is 31.7 Å². The van der Waals surface area contributed by atoms with Crippen LogP contribution in [0, 0.1) is 5.82 Å². The van der Waals surface area contributed by atoms with Crippen LogP contribution in [0.4, 0.5) is 20.2 Å². The second-order valence-electron chi connectivity index (χ2n) is 12.4. The highest BCUT2D eigenvalue weighted by atomic mass is 19.1. The van der Waals surface area contributed by atoms with Gasteiger partial charge >= 0.3 is 12.9 Å².